The first kappa shape index (κ1) is 17.5. The van der Waals surface area contributed by atoms with E-state index in [4.69, 9.17) is 4.74 Å². The van der Waals surface area contributed by atoms with Crippen LogP contribution in [-0.2, 0) is 9.53 Å². The highest BCUT2D eigenvalue weighted by atomic mass is 16.5. The van der Waals surface area contributed by atoms with Crippen molar-refractivity contribution in [2.45, 2.75) is 26.2 Å². The Morgan fingerprint density at radius 2 is 1.71 bits per heavy atom. The quantitative estimate of drug-likeness (QED) is 0.793. The molecule has 0 aliphatic rings. The van der Waals surface area contributed by atoms with E-state index in [1.54, 1.807) is 0 Å². The number of anilines is 1. The van der Waals surface area contributed by atoms with Gasteiger partial charge in [0, 0.05) is 5.69 Å². The molecule has 0 radical (unpaired) electrons. The minimum Gasteiger partial charge on any atom is -0.508 e. The van der Waals surface area contributed by atoms with Gasteiger partial charge in [-0.05, 0) is 54.3 Å². The van der Waals surface area contributed by atoms with Crippen LogP contribution >= 0.6 is 0 Å². The SMILES string of the molecule is CC[C@@H](C)c1ccc(NC(=O)COC(=O)c2ccc(O)cc2)cc1. The first-order valence-electron chi connectivity index (χ1n) is 7.85. The zero-order valence-electron chi connectivity index (χ0n) is 13.8. The molecule has 2 rings (SSSR count). The number of aromatic hydroxyl groups is 1. The summed E-state index contributed by atoms with van der Waals surface area (Å²) in [6, 6.07) is 13.3. The number of phenols is 1. The lowest BCUT2D eigenvalue weighted by Gasteiger charge is -2.10. The zero-order chi connectivity index (χ0) is 17.5. The maximum absolute atomic E-state index is 11.8. The average Bonchev–Trinajstić information content (AvgIpc) is 2.60. The minimum atomic E-state index is -0.614. The van der Waals surface area contributed by atoms with E-state index in [1.165, 1.54) is 29.8 Å². The summed E-state index contributed by atoms with van der Waals surface area (Å²) in [5.74, 6) is -0.484. The molecule has 5 heteroatoms. The fourth-order valence-electron chi connectivity index (χ4n) is 2.14. The summed E-state index contributed by atoms with van der Waals surface area (Å²) in [5.41, 5.74) is 2.15. The molecule has 0 saturated heterocycles. The molecule has 0 saturated carbocycles. The van der Waals surface area contributed by atoms with Crippen LogP contribution in [0.2, 0.25) is 0 Å². The van der Waals surface area contributed by atoms with Gasteiger partial charge in [0.05, 0.1) is 5.56 Å². The summed E-state index contributed by atoms with van der Waals surface area (Å²) in [5, 5.41) is 11.9. The number of esters is 1. The highest BCUT2D eigenvalue weighted by molar-refractivity contribution is 5.95. The highest BCUT2D eigenvalue weighted by Crippen LogP contribution is 2.20. The van der Waals surface area contributed by atoms with Crippen molar-refractivity contribution in [2.75, 3.05) is 11.9 Å². The molecule has 0 aromatic heterocycles. The Labute approximate surface area is 141 Å². The fraction of sp³-hybridized carbons (Fsp3) is 0.263. The van der Waals surface area contributed by atoms with Crippen LogP contribution in [0, 0.1) is 0 Å². The van der Waals surface area contributed by atoms with Gasteiger partial charge in [0.25, 0.3) is 5.91 Å². The molecule has 0 heterocycles. The molecule has 0 aliphatic carbocycles. The molecular weight excluding hydrogens is 306 g/mol. The lowest BCUT2D eigenvalue weighted by molar-refractivity contribution is -0.119. The van der Waals surface area contributed by atoms with Crippen molar-refractivity contribution in [3.63, 3.8) is 0 Å². The second kappa shape index (κ2) is 8.15. The van der Waals surface area contributed by atoms with Crippen LogP contribution in [0.4, 0.5) is 5.69 Å². The van der Waals surface area contributed by atoms with Gasteiger partial charge in [0.15, 0.2) is 6.61 Å². The third kappa shape index (κ3) is 4.84. The predicted octanol–water partition coefficient (Wildman–Crippen LogP) is 3.70. The number of amides is 1. The van der Waals surface area contributed by atoms with E-state index >= 15 is 0 Å². The van der Waals surface area contributed by atoms with Gasteiger partial charge in [-0.25, -0.2) is 4.79 Å². The normalized spacial score (nSPS) is 11.6. The number of hydrogen-bond acceptors (Lipinski definition) is 4. The van der Waals surface area contributed by atoms with Gasteiger partial charge in [-0.15, -0.1) is 0 Å². The molecule has 0 unspecified atom stereocenters. The topological polar surface area (TPSA) is 75.6 Å². The Morgan fingerprint density at radius 3 is 2.29 bits per heavy atom. The van der Waals surface area contributed by atoms with E-state index in [0.29, 0.717) is 11.6 Å². The van der Waals surface area contributed by atoms with E-state index < -0.39 is 11.9 Å². The number of ether oxygens (including phenoxy) is 1. The van der Waals surface area contributed by atoms with Gasteiger partial charge in [0.2, 0.25) is 0 Å². The Bertz CT molecular complexity index is 692. The number of rotatable bonds is 6. The highest BCUT2D eigenvalue weighted by Gasteiger charge is 2.10. The van der Waals surface area contributed by atoms with Gasteiger partial charge < -0.3 is 15.2 Å². The maximum Gasteiger partial charge on any atom is 0.338 e. The molecular formula is C19H21NO4. The molecule has 1 atom stereocenters. The molecule has 0 aliphatic heterocycles. The van der Waals surface area contributed by atoms with Crippen molar-refractivity contribution < 1.29 is 19.4 Å². The van der Waals surface area contributed by atoms with Crippen LogP contribution in [0.1, 0.15) is 42.1 Å². The Hall–Kier alpha value is -2.82. The molecule has 5 nitrogen and oxygen atoms in total. The molecule has 0 bridgehead atoms. The minimum absolute atomic E-state index is 0.0603. The van der Waals surface area contributed by atoms with Crippen LogP contribution in [0.5, 0.6) is 5.75 Å². The summed E-state index contributed by atoms with van der Waals surface area (Å²) in [6.45, 7) is 3.91. The molecule has 0 fully saturated rings. The van der Waals surface area contributed by atoms with Crippen LogP contribution in [0.15, 0.2) is 48.5 Å². The first-order valence-corrected chi connectivity index (χ1v) is 7.85. The maximum atomic E-state index is 11.8. The van der Waals surface area contributed by atoms with Crippen LogP contribution in [0.3, 0.4) is 0 Å². The van der Waals surface area contributed by atoms with Crippen LogP contribution < -0.4 is 5.32 Å². The van der Waals surface area contributed by atoms with Crippen molar-refractivity contribution in [3.05, 3.63) is 59.7 Å². The second-order valence-corrected chi connectivity index (χ2v) is 5.60. The average molecular weight is 327 g/mol. The third-order valence-corrected chi connectivity index (χ3v) is 3.81. The lowest BCUT2D eigenvalue weighted by Crippen LogP contribution is -2.20. The van der Waals surface area contributed by atoms with E-state index in [2.05, 4.69) is 19.2 Å². The van der Waals surface area contributed by atoms with E-state index in [0.717, 1.165) is 6.42 Å². The Morgan fingerprint density at radius 1 is 1.08 bits per heavy atom. The van der Waals surface area contributed by atoms with Gasteiger partial charge >= 0.3 is 5.97 Å². The summed E-state index contributed by atoms with van der Waals surface area (Å²) < 4.78 is 4.95. The van der Waals surface area contributed by atoms with Gasteiger partial charge in [-0.3, -0.25) is 4.79 Å². The van der Waals surface area contributed by atoms with Crippen molar-refractivity contribution in [2.24, 2.45) is 0 Å². The molecule has 24 heavy (non-hydrogen) atoms. The molecule has 2 aromatic carbocycles. The second-order valence-electron chi connectivity index (χ2n) is 5.60. The van der Waals surface area contributed by atoms with Crippen molar-refractivity contribution >= 4 is 17.6 Å². The van der Waals surface area contributed by atoms with E-state index in [1.807, 2.05) is 24.3 Å². The van der Waals surface area contributed by atoms with E-state index in [-0.39, 0.29) is 17.9 Å². The number of benzene rings is 2. The summed E-state index contributed by atoms with van der Waals surface area (Å²) in [6.07, 6.45) is 1.05. The third-order valence-electron chi connectivity index (χ3n) is 3.81. The largest absolute Gasteiger partial charge is 0.508 e. The summed E-state index contributed by atoms with van der Waals surface area (Å²) >= 11 is 0. The zero-order valence-corrected chi connectivity index (χ0v) is 13.8. The standard InChI is InChI=1S/C19H21NO4/c1-3-13(2)14-4-8-16(9-5-14)20-18(22)12-24-19(23)15-6-10-17(21)11-7-15/h4-11,13,21H,3,12H2,1-2H3,(H,20,22)/t13-/m1/s1. The number of carbonyl (C=O) groups excluding carboxylic acids is 2. The van der Waals surface area contributed by atoms with Crippen molar-refractivity contribution in [1.29, 1.82) is 0 Å². The molecule has 1 amide bonds. The van der Waals surface area contributed by atoms with Gasteiger partial charge in [-0.2, -0.15) is 0 Å². The van der Waals surface area contributed by atoms with Crippen molar-refractivity contribution in [3.8, 4) is 5.75 Å². The molecule has 2 N–H and O–H groups in total. The smallest absolute Gasteiger partial charge is 0.338 e. The lowest BCUT2D eigenvalue weighted by atomic mass is 9.99. The van der Waals surface area contributed by atoms with Crippen molar-refractivity contribution in [1.82, 2.24) is 0 Å². The summed E-state index contributed by atoms with van der Waals surface area (Å²) in [7, 11) is 0. The monoisotopic (exact) mass is 327 g/mol. The first-order chi connectivity index (χ1) is 11.5. The van der Waals surface area contributed by atoms with Gasteiger partial charge in [-0.1, -0.05) is 26.0 Å². The number of carbonyl (C=O) groups is 2. The van der Waals surface area contributed by atoms with Gasteiger partial charge in [0.1, 0.15) is 5.75 Å². The molecule has 2 aromatic rings. The number of nitrogens with one attached hydrogen (secondary N) is 1. The van der Waals surface area contributed by atoms with E-state index in [9.17, 15) is 14.7 Å². The number of phenolic OH excluding ortho intramolecular Hbond substituents is 1. The van der Waals surface area contributed by atoms with Crippen LogP contribution in [-0.4, -0.2) is 23.6 Å². The number of hydrogen-bond donors (Lipinski definition) is 2. The predicted molar refractivity (Wildman–Crippen MR) is 92.2 cm³/mol. The Balaban J connectivity index is 1.84. The fourth-order valence-corrected chi connectivity index (χ4v) is 2.14. The summed E-state index contributed by atoms with van der Waals surface area (Å²) in [4.78, 5) is 23.6. The molecule has 126 valence electrons. The van der Waals surface area contributed by atoms with Crippen LogP contribution in [0.25, 0.3) is 0 Å². The Kier molecular flexibility index (Phi) is 5.95. The molecule has 0 spiro atoms.